The van der Waals surface area contributed by atoms with Crippen molar-refractivity contribution in [2.45, 2.75) is 0 Å². The molecule has 0 aliphatic heterocycles. The first-order chi connectivity index (χ1) is 14.2. The molecule has 0 aliphatic rings. The molecule has 1 N–H and O–H groups in total. The second kappa shape index (κ2) is 8.82. The number of carbonyl (C=O) groups excluding carboxylic acids is 1. The number of hydrogen-bond acceptors (Lipinski definition) is 4. The maximum Gasteiger partial charge on any atom is 0.248 e. The standard InChI is InChI=1S/C23H16ClN3OS/c24-19-9-6-16(7-10-19)8-11-22(28)26-20-5-1-3-17(13-20)21-15-29-23(27-21)18-4-2-12-25-14-18/h1-15H,(H,26,28)/b11-8+. The highest BCUT2D eigenvalue weighted by molar-refractivity contribution is 7.13. The number of nitrogens with zero attached hydrogens (tertiary/aromatic N) is 2. The summed E-state index contributed by atoms with van der Waals surface area (Å²) in [6.07, 6.45) is 6.78. The van der Waals surface area contributed by atoms with Crippen LogP contribution in [0.4, 0.5) is 5.69 Å². The summed E-state index contributed by atoms with van der Waals surface area (Å²) < 4.78 is 0. The lowest BCUT2D eigenvalue weighted by Crippen LogP contribution is -2.07. The van der Waals surface area contributed by atoms with Crippen molar-refractivity contribution in [2.24, 2.45) is 0 Å². The quantitative estimate of drug-likeness (QED) is 0.394. The third kappa shape index (κ3) is 4.96. The van der Waals surface area contributed by atoms with E-state index in [1.165, 1.54) is 6.08 Å². The lowest BCUT2D eigenvalue weighted by Gasteiger charge is -2.04. The van der Waals surface area contributed by atoms with Crippen molar-refractivity contribution < 1.29 is 4.79 Å². The fraction of sp³-hybridized carbons (Fsp3) is 0. The van der Waals surface area contributed by atoms with E-state index in [4.69, 9.17) is 16.6 Å². The molecule has 4 nitrogen and oxygen atoms in total. The molecule has 4 rings (SSSR count). The van der Waals surface area contributed by atoms with Gasteiger partial charge in [-0.05, 0) is 48.0 Å². The van der Waals surface area contributed by atoms with Gasteiger partial charge in [-0.3, -0.25) is 9.78 Å². The van der Waals surface area contributed by atoms with E-state index in [-0.39, 0.29) is 5.91 Å². The van der Waals surface area contributed by atoms with Crippen molar-refractivity contribution in [3.8, 4) is 21.8 Å². The van der Waals surface area contributed by atoms with Gasteiger partial charge in [-0.2, -0.15) is 0 Å². The average Bonchev–Trinajstić information content (AvgIpc) is 3.25. The zero-order chi connectivity index (χ0) is 20.1. The SMILES string of the molecule is O=C(/C=C/c1ccc(Cl)cc1)Nc1cccc(-c2csc(-c3cccnc3)n2)c1. The van der Waals surface area contributed by atoms with Gasteiger partial charge in [0.25, 0.3) is 0 Å². The number of halogens is 1. The molecule has 0 atom stereocenters. The minimum Gasteiger partial charge on any atom is -0.322 e. The molecular weight excluding hydrogens is 402 g/mol. The minimum absolute atomic E-state index is 0.202. The van der Waals surface area contributed by atoms with Gasteiger partial charge in [0, 0.05) is 45.7 Å². The number of rotatable bonds is 5. The molecule has 0 unspecified atom stereocenters. The zero-order valence-electron chi connectivity index (χ0n) is 15.2. The van der Waals surface area contributed by atoms with Crippen LogP contribution < -0.4 is 5.32 Å². The van der Waals surface area contributed by atoms with E-state index in [1.54, 1.807) is 41.9 Å². The number of thiazole rings is 1. The molecule has 2 aromatic carbocycles. The first kappa shape index (κ1) is 19.1. The van der Waals surface area contributed by atoms with Gasteiger partial charge in [0.2, 0.25) is 5.91 Å². The fourth-order valence-electron chi connectivity index (χ4n) is 2.71. The van der Waals surface area contributed by atoms with Gasteiger partial charge < -0.3 is 5.32 Å². The highest BCUT2D eigenvalue weighted by Crippen LogP contribution is 2.29. The Labute approximate surface area is 177 Å². The molecule has 1 amide bonds. The summed E-state index contributed by atoms with van der Waals surface area (Å²) in [5, 5.41) is 6.46. The van der Waals surface area contributed by atoms with Crippen molar-refractivity contribution in [3.63, 3.8) is 0 Å². The van der Waals surface area contributed by atoms with E-state index in [9.17, 15) is 4.79 Å². The number of anilines is 1. The Kier molecular flexibility index (Phi) is 5.79. The molecule has 0 spiro atoms. The summed E-state index contributed by atoms with van der Waals surface area (Å²) in [5.41, 5.74) is 4.41. The largest absolute Gasteiger partial charge is 0.322 e. The van der Waals surface area contributed by atoms with Crippen LogP contribution in [0, 0.1) is 0 Å². The maximum absolute atomic E-state index is 12.2. The van der Waals surface area contributed by atoms with Crippen LogP contribution in [-0.4, -0.2) is 15.9 Å². The van der Waals surface area contributed by atoms with Crippen LogP contribution in [0.2, 0.25) is 5.02 Å². The number of hydrogen-bond donors (Lipinski definition) is 1. The second-order valence-electron chi connectivity index (χ2n) is 6.23. The van der Waals surface area contributed by atoms with Crippen LogP contribution in [0.25, 0.3) is 27.9 Å². The summed E-state index contributed by atoms with van der Waals surface area (Å²) in [4.78, 5) is 21.1. The lowest BCUT2D eigenvalue weighted by atomic mass is 10.1. The normalized spacial score (nSPS) is 10.9. The smallest absolute Gasteiger partial charge is 0.248 e. The van der Waals surface area contributed by atoms with Gasteiger partial charge >= 0.3 is 0 Å². The molecule has 0 radical (unpaired) electrons. The highest BCUT2D eigenvalue weighted by Gasteiger charge is 2.08. The Morgan fingerprint density at radius 1 is 1.03 bits per heavy atom. The molecule has 6 heteroatoms. The van der Waals surface area contributed by atoms with E-state index in [2.05, 4.69) is 10.3 Å². The summed E-state index contributed by atoms with van der Waals surface area (Å²) >= 11 is 7.44. The maximum atomic E-state index is 12.2. The highest BCUT2D eigenvalue weighted by atomic mass is 35.5. The Bertz CT molecular complexity index is 1150. The first-order valence-corrected chi connectivity index (χ1v) is 10.1. The minimum atomic E-state index is -0.202. The predicted octanol–water partition coefficient (Wildman–Crippen LogP) is 6.18. The molecular formula is C23H16ClN3OS. The monoisotopic (exact) mass is 417 g/mol. The van der Waals surface area contributed by atoms with Crippen LogP contribution in [0.1, 0.15) is 5.56 Å². The number of carbonyl (C=O) groups is 1. The Morgan fingerprint density at radius 3 is 2.66 bits per heavy atom. The van der Waals surface area contributed by atoms with Gasteiger partial charge in [0.1, 0.15) is 5.01 Å². The molecule has 29 heavy (non-hydrogen) atoms. The van der Waals surface area contributed by atoms with E-state index in [0.717, 1.165) is 27.4 Å². The van der Waals surface area contributed by atoms with Crippen molar-refractivity contribution in [2.75, 3.05) is 5.32 Å². The number of pyridine rings is 1. The molecule has 0 aliphatic carbocycles. The Balaban J connectivity index is 1.47. The molecule has 142 valence electrons. The molecule has 0 saturated carbocycles. The summed E-state index contributed by atoms with van der Waals surface area (Å²) in [7, 11) is 0. The molecule has 2 heterocycles. The van der Waals surface area contributed by atoms with Crippen molar-refractivity contribution >= 4 is 40.6 Å². The summed E-state index contributed by atoms with van der Waals surface area (Å²) in [5.74, 6) is -0.202. The van der Waals surface area contributed by atoms with E-state index < -0.39 is 0 Å². The zero-order valence-corrected chi connectivity index (χ0v) is 16.8. The van der Waals surface area contributed by atoms with Crippen LogP contribution in [0.5, 0.6) is 0 Å². The van der Waals surface area contributed by atoms with Gasteiger partial charge in [-0.1, -0.05) is 35.9 Å². The van der Waals surface area contributed by atoms with Gasteiger partial charge in [0.05, 0.1) is 5.69 Å². The number of benzene rings is 2. The van der Waals surface area contributed by atoms with E-state index >= 15 is 0 Å². The van der Waals surface area contributed by atoms with E-state index in [0.29, 0.717) is 10.7 Å². The van der Waals surface area contributed by atoms with Crippen molar-refractivity contribution in [1.82, 2.24) is 9.97 Å². The third-order valence-corrected chi connectivity index (χ3v) is 5.28. The van der Waals surface area contributed by atoms with Crippen LogP contribution in [0.15, 0.2) is 84.5 Å². The van der Waals surface area contributed by atoms with E-state index in [1.807, 2.05) is 53.9 Å². The van der Waals surface area contributed by atoms with Gasteiger partial charge in [0.15, 0.2) is 0 Å². The molecule has 0 saturated heterocycles. The number of nitrogens with one attached hydrogen (secondary N) is 1. The molecule has 0 bridgehead atoms. The summed E-state index contributed by atoms with van der Waals surface area (Å²) in [6, 6.07) is 18.8. The Hall–Kier alpha value is -3.28. The lowest BCUT2D eigenvalue weighted by molar-refractivity contribution is -0.111. The predicted molar refractivity (Wildman–Crippen MR) is 120 cm³/mol. The first-order valence-electron chi connectivity index (χ1n) is 8.88. The average molecular weight is 418 g/mol. The van der Waals surface area contributed by atoms with Crippen LogP contribution in [0.3, 0.4) is 0 Å². The fourth-order valence-corrected chi connectivity index (χ4v) is 3.66. The van der Waals surface area contributed by atoms with Gasteiger partial charge in [-0.15, -0.1) is 11.3 Å². The summed E-state index contributed by atoms with van der Waals surface area (Å²) in [6.45, 7) is 0. The molecule has 0 fully saturated rings. The number of amides is 1. The van der Waals surface area contributed by atoms with Crippen LogP contribution >= 0.6 is 22.9 Å². The second-order valence-corrected chi connectivity index (χ2v) is 7.53. The Morgan fingerprint density at radius 2 is 1.86 bits per heavy atom. The van der Waals surface area contributed by atoms with Gasteiger partial charge in [-0.25, -0.2) is 4.98 Å². The third-order valence-electron chi connectivity index (χ3n) is 4.14. The molecule has 2 aromatic heterocycles. The topological polar surface area (TPSA) is 54.9 Å². The number of aromatic nitrogens is 2. The molecule has 4 aromatic rings. The van der Waals surface area contributed by atoms with Crippen molar-refractivity contribution in [1.29, 1.82) is 0 Å². The van der Waals surface area contributed by atoms with Crippen LogP contribution in [-0.2, 0) is 4.79 Å². The van der Waals surface area contributed by atoms with Crippen molar-refractivity contribution in [3.05, 3.63) is 95.1 Å².